The first-order valence-electron chi connectivity index (χ1n) is 30.8. The third-order valence-electron chi connectivity index (χ3n) is 15.4. The largest absolute Gasteiger partial charge is 0.391 e. The molecule has 0 aromatic rings. The molecule has 0 radical (unpaired) electrons. The number of amides is 11. The van der Waals surface area contributed by atoms with E-state index in [9.17, 15) is 58.2 Å². The minimum atomic E-state index is -1.74. The van der Waals surface area contributed by atoms with E-state index in [1.807, 2.05) is 83.1 Å². The van der Waals surface area contributed by atoms with Crippen molar-refractivity contribution in [2.24, 2.45) is 41.4 Å². The van der Waals surface area contributed by atoms with Gasteiger partial charge in [0, 0.05) is 35.2 Å². The average molecular weight is 1220 g/mol. The minimum absolute atomic E-state index is 0.0548. The molecule has 0 aromatic carbocycles. The molecule has 11 amide bonds. The molecule has 0 aliphatic carbocycles. The van der Waals surface area contributed by atoms with Gasteiger partial charge >= 0.3 is 0 Å². The summed E-state index contributed by atoms with van der Waals surface area (Å²) < 4.78 is 0. The molecule has 1 aliphatic rings. The van der Waals surface area contributed by atoms with Crippen LogP contribution in [0.3, 0.4) is 0 Å². The zero-order valence-electron chi connectivity index (χ0n) is 55.9. The molecular weight excluding hydrogens is 1110 g/mol. The number of likely N-dealkylation sites (N-methyl/N-ethyl adjacent to an activating group) is 5. The highest BCUT2D eigenvalue weighted by Crippen LogP contribution is 2.24. The molecule has 1 heterocycles. The van der Waals surface area contributed by atoms with E-state index in [1.165, 1.54) is 65.8 Å². The van der Waals surface area contributed by atoms with E-state index in [1.54, 1.807) is 26.0 Å². The van der Waals surface area contributed by atoms with Crippen LogP contribution in [0.5, 0.6) is 0 Å². The topological polar surface area (TPSA) is 317 Å². The molecule has 0 bridgehead atoms. The van der Waals surface area contributed by atoms with E-state index in [4.69, 9.17) is 0 Å². The molecule has 492 valence electrons. The lowest BCUT2D eigenvalue weighted by molar-refractivity contribution is -0.154. The van der Waals surface area contributed by atoms with Gasteiger partial charge in [-0.15, -0.1) is 0 Å². The maximum absolute atomic E-state index is 15.1. The lowest BCUT2D eigenvalue weighted by Crippen LogP contribution is -2.64. The molecule has 1 saturated heterocycles. The summed E-state index contributed by atoms with van der Waals surface area (Å²) >= 11 is 0. The second-order valence-corrected chi connectivity index (χ2v) is 26.5. The van der Waals surface area contributed by atoms with Gasteiger partial charge in [0.2, 0.25) is 65.0 Å². The normalized spacial score (nSPS) is 26.9. The molecule has 13 atom stereocenters. The Morgan fingerprint density at radius 1 is 0.430 bits per heavy atom. The molecule has 24 nitrogen and oxygen atoms in total. The first-order valence-corrected chi connectivity index (χ1v) is 30.8. The van der Waals surface area contributed by atoms with Crippen LogP contribution in [-0.4, -0.2) is 214 Å². The van der Waals surface area contributed by atoms with Crippen molar-refractivity contribution >= 4 is 65.0 Å². The van der Waals surface area contributed by atoms with Gasteiger partial charge in [0.25, 0.3) is 0 Å². The monoisotopic (exact) mass is 1220 g/mol. The van der Waals surface area contributed by atoms with Gasteiger partial charge in [0.1, 0.15) is 60.4 Å². The molecule has 24 heteroatoms. The van der Waals surface area contributed by atoms with Crippen LogP contribution in [0.15, 0.2) is 12.2 Å². The summed E-state index contributed by atoms with van der Waals surface area (Å²) in [6, 6.07) is -13.2. The lowest BCUT2D eigenvalue weighted by atomic mass is 9.91. The van der Waals surface area contributed by atoms with Crippen LogP contribution in [0.2, 0.25) is 0 Å². The van der Waals surface area contributed by atoms with Gasteiger partial charge in [0.15, 0.2) is 0 Å². The number of carbonyl (C=O) groups is 11. The van der Waals surface area contributed by atoms with Gasteiger partial charge in [-0.1, -0.05) is 102 Å². The average Bonchev–Trinajstić information content (AvgIpc) is 1.47. The highest BCUT2D eigenvalue weighted by Gasteiger charge is 2.44. The number of nitrogens with one attached hydrogen (secondary N) is 6. The fourth-order valence-electron chi connectivity index (χ4n) is 10.4. The SMILES string of the molecule is C/C=C/CC(C)C(O)C1C(=O)N[C@@H]([C@@H](C)O)C(=O)N(C)CC(=O)N(C)[C@@H](CC(C)C)C(=O)N[C@@H](CC(C)C)C(=O)N[C@@H](CC(C)C)C(=O)N[C@@H](C)C(=O)N[C@@H](C)C(=O)N(C)[C@@H](CC(C)C)C(=O)N[C@@H](CC(C)C)C(=O)N(C)[C@@H](CC(C)C)C(=O)N1C. The summed E-state index contributed by atoms with van der Waals surface area (Å²) in [5.74, 6) is -10.1. The fraction of sp³-hybridized carbons (Fsp3) is 0.790. The number of nitrogens with zero attached hydrogens (tertiary/aromatic N) is 5. The Balaban J connectivity index is 4.32. The van der Waals surface area contributed by atoms with Crippen molar-refractivity contribution in [3.05, 3.63) is 12.2 Å². The van der Waals surface area contributed by atoms with Gasteiger partial charge in [-0.3, -0.25) is 52.7 Å². The van der Waals surface area contributed by atoms with Gasteiger partial charge in [-0.05, 0) is 114 Å². The van der Waals surface area contributed by atoms with Crippen LogP contribution in [0.1, 0.15) is 163 Å². The zero-order chi connectivity index (χ0) is 66.5. The second-order valence-electron chi connectivity index (χ2n) is 26.5. The first-order chi connectivity index (χ1) is 39.7. The molecule has 0 aromatic heterocycles. The predicted octanol–water partition coefficient (Wildman–Crippen LogP) is 2.34. The van der Waals surface area contributed by atoms with Crippen molar-refractivity contribution in [1.29, 1.82) is 0 Å². The maximum atomic E-state index is 15.1. The maximum Gasteiger partial charge on any atom is 0.248 e. The molecular formula is C62H111N11O13. The van der Waals surface area contributed by atoms with Crippen LogP contribution >= 0.6 is 0 Å². The number of allylic oxidation sites excluding steroid dienone is 2. The number of hydrogen-bond donors (Lipinski definition) is 8. The first kappa shape index (κ1) is 77.8. The minimum Gasteiger partial charge on any atom is -0.391 e. The Hall–Kier alpha value is -6.17. The molecule has 1 fully saturated rings. The molecule has 0 saturated carbocycles. The van der Waals surface area contributed by atoms with E-state index < -0.39 is 150 Å². The highest BCUT2D eigenvalue weighted by atomic mass is 16.3. The smallest absolute Gasteiger partial charge is 0.248 e. The molecule has 1 rings (SSSR count). The lowest BCUT2D eigenvalue weighted by Gasteiger charge is -2.39. The van der Waals surface area contributed by atoms with Crippen LogP contribution in [0.4, 0.5) is 0 Å². The van der Waals surface area contributed by atoms with Crippen molar-refractivity contribution in [1.82, 2.24) is 56.4 Å². The van der Waals surface area contributed by atoms with E-state index in [2.05, 4.69) is 31.9 Å². The van der Waals surface area contributed by atoms with Crippen LogP contribution in [-0.2, 0) is 52.7 Å². The Kier molecular flexibility index (Phi) is 32.8. The predicted molar refractivity (Wildman–Crippen MR) is 330 cm³/mol. The Morgan fingerprint density at radius 2 is 0.826 bits per heavy atom. The van der Waals surface area contributed by atoms with Gasteiger partial charge < -0.3 is 66.6 Å². The Labute approximate surface area is 513 Å². The van der Waals surface area contributed by atoms with E-state index in [-0.39, 0.29) is 80.5 Å². The molecule has 8 N–H and O–H groups in total. The van der Waals surface area contributed by atoms with Crippen molar-refractivity contribution < 1.29 is 63.0 Å². The standard InChI is InChI=1S/C62H111N11O13/c1-23-24-25-39(14)52(76)51-58(82)68-50(42(17)74)62(86)69(18)32-49(75)70(19)46(29-36(8)9)56(80)66-44(27-34(4)5)55(79)65-43(26-33(2)3)54(78)63-40(15)53(77)64-41(16)59(83)71(20)47(30-37(10)11)57(81)67-45(28-35(6)7)60(84)72(21)48(31-38(12)13)61(85)73(51)22/h23-24,33-48,50-52,74,76H,25-32H2,1-22H3,(H,63,78)(H,64,77)(H,65,79)(H,66,80)(H,67,81)(H,68,82)/b24-23+/t39?,40-,41-,42+,43-,44-,45-,46-,47-,48-,50-,51?,52?/m0/s1. The number of rotatable bonds is 17. The second kappa shape index (κ2) is 36.2. The summed E-state index contributed by atoms with van der Waals surface area (Å²) in [7, 11) is 6.74. The van der Waals surface area contributed by atoms with Crippen LogP contribution in [0, 0.1) is 41.4 Å². The van der Waals surface area contributed by atoms with Gasteiger partial charge in [-0.2, -0.15) is 0 Å². The van der Waals surface area contributed by atoms with Crippen LogP contribution in [0.25, 0.3) is 0 Å². The molecule has 86 heavy (non-hydrogen) atoms. The highest BCUT2D eigenvalue weighted by molar-refractivity contribution is 5.99. The molecule has 0 spiro atoms. The number of hydrogen-bond acceptors (Lipinski definition) is 13. The number of aliphatic hydroxyl groups excluding tert-OH is 2. The zero-order valence-corrected chi connectivity index (χ0v) is 55.9. The Bertz CT molecular complexity index is 2330. The summed E-state index contributed by atoms with van der Waals surface area (Å²) in [6.07, 6.45) is 1.23. The molecule has 3 unspecified atom stereocenters. The van der Waals surface area contributed by atoms with E-state index >= 15 is 4.79 Å². The Morgan fingerprint density at radius 3 is 1.28 bits per heavy atom. The van der Waals surface area contributed by atoms with Crippen molar-refractivity contribution in [2.45, 2.75) is 235 Å². The van der Waals surface area contributed by atoms with Gasteiger partial charge in [-0.25, -0.2) is 0 Å². The van der Waals surface area contributed by atoms with Crippen LogP contribution < -0.4 is 31.9 Å². The third-order valence-corrected chi connectivity index (χ3v) is 15.4. The van der Waals surface area contributed by atoms with E-state index in [0.717, 1.165) is 14.7 Å². The quantitative estimate of drug-likeness (QED) is 0.0972. The fourth-order valence-corrected chi connectivity index (χ4v) is 10.4. The molecule has 1 aliphatic heterocycles. The van der Waals surface area contributed by atoms with Crippen molar-refractivity contribution in [2.75, 3.05) is 41.8 Å². The van der Waals surface area contributed by atoms with E-state index in [0.29, 0.717) is 0 Å². The van der Waals surface area contributed by atoms with Crippen molar-refractivity contribution in [3.8, 4) is 0 Å². The summed E-state index contributed by atoms with van der Waals surface area (Å²) in [6.45, 7) is 28.9. The van der Waals surface area contributed by atoms with Crippen molar-refractivity contribution in [3.63, 3.8) is 0 Å². The number of aliphatic hydroxyl groups is 2. The summed E-state index contributed by atoms with van der Waals surface area (Å²) in [5, 5.41) is 39.6. The van der Waals surface area contributed by atoms with Gasteiger partial charge in [0.05, 0.1) is 18.8 Å². The number of carbonyl (C=O) groups excluding carboxylic acids is 11. The third kappa shape index (κ3) is 24.2. The summed E-state index contributed by atoms with van der Waals surface area (Å²) in [4.78, 5) is 165. The summed E-state index contributed by atoms with van der Waals surface area (Å²) in [5.41, 5.74) is 0.